The van der Waals surface area contributed by atoms with Crippen LogP contribution in [0.1, 0.15) is 5.56 Å². The molecule has 1 N–H and O–H groups in total. The monoisotopic (exact) mass is 258 g/mol. The Balaban J connectivity index is 2.65. The summed E-state index contributed by atoms with van der Waals surface area (Å²) < 4.78 is 26.1. The smallest absolute Gasteiger partial charge is 0.309 e. The van der Waals surface area contributed by atoms with Gasteiger partial charge in [0.1, 0.15) is 0 Å². The maximum absolute atomic E-state index is 10.9. The van der Waals surface area contributed by atoms with Gasteiger partial charge in [-0.05, 0) is 12.0 Å². The van der Waals surface area contributed by atoms with Crippen molar-refractivity contribution >= 4 is 16.1 Å². The van der Waals surface area contributed by atoms with Crippen molar-refractivity contribution in [2.45, 2.75) is 6.42 Å². The number of hydrogen-bond donors (Lipinski definition) is 1. The maximum Gasteiger partial charge on any atom is 0.309 e. The highest BCUT2D eigenvalue weighted by molar-refractivity contribution is 7.85. The van der Waals surface area contributed by atoms with E-state index < -0.39 is 22.0 Å². The van der Waals surface area contributed by atoms with Crippen LogP contribution in [-0.2, 0) is 25.5 Å². The Labute approximate surface area is 100 Å². The Bertz CT molecular complexity index is 466. The summed E-state index contributed by atoms with van der Waals surface area (Å²) in [7, 11) is -3.61. The number of benzene rings is 1. The Morgan fingerprint density at radius 1 is 1.35 bits per heavy atom. The van der Waals surface area contributed by atoms with E-state index in [1.54, 1.807) is 24.3 Å². The van der Waals surface area contributed by atoms with Crippen LogP contribution in [0.15, 0.2) is 30.3 Å². The fourth-order valence-electron chi connectivity index (χ4n) is 1.32. The molecule has 0 bridgehead atoms. The first-order valence-electron chi connectivity index (χ1n) is 4.99. The van der Waals surface area contributed by atoms with Crippen molar-refractivity contribution in [2.75, 3.05) is 12.9 Å². The molecule has 0 aromatic heterocycles. The molecule has 1 aromatic carbocycles. The zero-order valence-electron chi connectivity index (χ0n) is 9.37. The van der Waals surface area contributed by atoms with Gasteiger partial charge in [-0.15, -0.1) is 0 Å². The second-order valence-electron chi connectivity index (χ2n) is 3.71. The van der Waals surface area contributed by atoms with E-state index in [9.17, 15) is 13.2 Å². The molecule has 1 aromatic rings. The molecule has 17 heavy (non-hydrogen) atoms. The van der Waals surface area contributed by atoms with E-state index >= 15 is 0 Å². The molecule has 0 amide bonds. The van der Waals surface area contributed by atoms with Gasteiger partial charge in [0.15, 0.2) is 0 Å². The number of carboxylic acids is 1. The van der Waals surface area contributed by atoms with Gasteiger partial charge in [-0.25, -0.2) is 0 Å². The van der Waals surface area contributed by atoms with Gasteiger partial charge in [0.05, 0.1) is 18.8 Å². The summed E-state index contributed by atoms with van der Waals surface area (Å²) in [5, 5.41) is 8.96. The molecule has 5 nitrogen and oxygen atoms in total. The number of hydrogen-bond acceptors (Lipinski definition) is 4. The first-order valence-corrected chi connectivity index (χ1v) is 6.81. The summed E-state index contributed by atoms with van der Waals surface area (Å²) in [6.45, 7) is -0.344. The van der Waals surface area contributed by atoms with Crippen LogP contribution in [0.25, 0.3) is 0 Å². The molecule has 0 aliphatic carbocycles. The number of carbonyl (C=O) groups is 1. The summed E-state index contributed by atoms with van der Waals surface area (Å²) in [6.07, 6.45) is 1.14. The van der Waals surface area contributed by atoms with Crippen molar-refractivity contribution in [3.8, 4) is 0 Å². The fourth-order valence-corrected chi connectivity index (χ4v) is 1.73. The van der Waals surface area contributed by atoms with Crippen LogP contribution in [0.3, 0.4) is 0 Å². The highest BCUT2D eigenvalue weighted by Gasteiger charge is 2.20. The number of rotatable bonds is 6. The van der Waals surface area contributed by atoms with E-state index in [0.29, 0.717) is 0 Å². The molecule has 0 heterocycles. The molecule has 0 saturated carbocycles. The molecule has 1 unspecified atom stereocenters. The van der Waals surface area contributed by atoms with E-state index in [-0.39, 0.29) is 13.0 Å². The second kappa shape index (κ2) is 5.79. The topological polar surface area (TPSA) is 80.7 Å². The van der Waals surface area contributed by atoms with Crippen molar-refractivity contribution in [1.82, 2.24) is 0 Å². The standard InChI is InChI=1S/C11H14O5S/c1-17(14,15)16-8-10(11(12)13)7-9-5-3-2-4-6-9/h2-6,10H,7-8H2,1H3,(H,12,13). The zero-order chi connectivity index (χ0) is 12.9. The van der Waals surface area contributed by atoms with Gasteiger partial charge in [0.25, 0.3) is 10.1 Å². The minimum absolute atomic E-state index is 0.242. The van der Waals surface area contributed by atoms with Crippen LogP contribution in [0.2, 0.25) is 0 Å². The molecule has 6 heteroatoms. The van der Waals surface area contributed by atoms with Gasteiger partial charge < -0.3 is 5.11 Å². The Kier molecular flexibility index (Phi) is 4.65. The third kappa shape index (κ3) is 5.46. The summed E-state index contributed by atoms with van der Waals surface area (Å²) >= 11 is 0. The molecule has 94 valence electrons. The van der Waals surface area contributed by atoms with Gasteiger partial charge in [-0.3, -0.25) is 8.98 Å². The van der Waals surface area contributed by atoms with Gasteiger partial charge in [-0.1, -0.05) is 30.3 Å². The zero-order valence-corrected chi connectivity index (χ0v) is 10.2. The summed E-state index contributed by atoms with van der Waals surface area (Å²) in [5.74, 6) is -1.94. The largest absolute Gasteiger partial charge is 0.481 e. The molecule has 0 aliphatic heterocycles. The Hall–Kier alpha value is -1.40. The first-order chi connectivity index (χ1) is 7.88. The third-order valence-electron chi connectivity index (χ3n) is 2.16. The third-order valence-corrected chi connectivity index (χ3v) is 2.72. The van der Waals surface area contributed by atoms with Crippen molar-refractivity contribution in [1.29, 1.82) is 0 Å². The molecule has 0 radical (unpaired) electrons. The number of aliphatic carboxylic acids is 1. The van der Waals surface area contributed by atoms with Crippen LogP contribution in [-0.4, -0.2) is 32.4 Å². The quantitative estimate of drug-likeness (QED) is 0.767. The minimum atomic E-state index is -3.61. The van der Waals surface area contributed by atoms with E-state index in [2.05, 4.69) is 4.18 Å². The number of carboxylic acid groups (broad SMARTS) is 1. The average Bonchev–Trinajstić information content (AvgIpc) is 2.24. The van der Waals surface area contributed by atoms with Crippen molar-refractivity contribution < 1.29 is 22.5 Å². The molecular weight excluding hydrogens is 244 g/mol. The highest BCUT2D eigenvalue weighted by atomic mass is 32.2. The lowest BCUT2D eigenvalue weighted by molar-refractivity contribution is -0.142. The molecule has 0 fully saturated rings. The lowest BCUT2D eigenvalue weighted by atomic mass is 10.0. The summed E-state index contributed by atoms with van der Waals surface area (Å²) in [6, 6.07) is 9.00. The van der Waals surface area contributed by atoms with E-state index in [1.807, 2.05) is 6.07 Å². The SMILES string of the molecule is CS(=O)(=O)OCC(Cc1ccccc1)C(=O)O. The molecule has 1 atom stereocenters. The molecular formula is C11H14O5S. The van der Waals surface area contributed by atoms with Gasteiger partial charge in [0, 0.05) is 0 Å². The van der Waals surface area contributed by atoms with Crippen molar-refractivity contribution in [2.24, 2.45) is 5.92 Å². The van der Waals surface area contributed by atoms with Crippen LogP contribution < -0.4 is 0 Å². The Morgan fingerprint density at radius 2 is 1.94 bits per heavy atom. The predicted molar refractivity (Wildman–Crippen MR) is 62.1 cm³/mol. The average molecular weight is 258 g/mol. The van der Waals surface area contributed by atoms with Crippen molar-refractivity contribution in [3.05, 3.63) is 35.9 Å². The maximum atomic E-state index is 10.9. The van der Waals surface area contributed by atoms with E-state index in [1.165, 1.54) is 0 Å². The van der Waals surface area contributed by atoms with Crippen LogP contribution in [0, 0.1) is 5.92 Å². The van der Waals surface area contributed by atoms with Crippen molar-refractivity contribution in [3.63, 3.8) is 0 Å². The summed E-state index contributed by atoms with van der Waals surface area (Å²) in [4.78, 5) is 10.9. The predicted octanol–water partition coefficient (Wildman–Crippen LogP) is 0.906. The summed E-state index contributed by atoms with van der Waals surface area (Å²) in [5.41, 5.74) is 0.831. The molecule has 0 aliphatic rings. The normalized spacial score (nSPS) is 13.2. The lowest BCUT2D eigenvalue weighted by Crippen LogP contribution is -2.23. The molecule has 1 rings (SSSR count). The fraction of sp³-hybridized carbons (Fsp3) is 0.364. The van der Waals surface area contributed by atoms with E-state index in [0.717, 1.165) is 11.8 Å². The van der Waals surface area contributed by atoms with Crippen LogP contribution in [0.5, 0.6) is 0 Å². The minimum Gasteiger partial charge on any atom is -0.481 e. The molecule has 0 saturated heterocycles. The van der Waals surface area contributed by atoms with E-state index in [4.69, 9.17) is 5.11 Å². The van der Waals surface area contributed by atoms with Gasteiger partial charge in [0.2, 0.25) is 0 Å². The Morgan fingerprint density at radius 3 is 2.41 bits per heavy atom. The van der Waals surface area contributed by atoms with Gasteiger partial charge >= 0.3 is 5.97 Å². The van der Waals surface area contributed by atoms with Gasteiger partial charge in [-0.2, -0.15) is 8.42 Å². The lowest BCUT2D eigenvalue weighted by Gasteiger charge is -2.11. The first kappa shape index (κ1) is 13.7. The van der Waals surface area contributed by atoms with Crippen LogP contribution >= 0.6 is 0 Å². The second-order valence-corrected chi connectivity index (χ2v) is 5.36. The van der Waals surface area contributed by atoms with Crippen LogP contribution in [0.4, 0.5) is 0 Å². The molecule has 0 spiro atoms. The highest BCUT2D eigenvalue weighted by Crippen LogP contribution is 2.10.